The Bertz CT molecular complexity index is 387. The number of aromatic nitrogens is 1. The van der Waals surface area contributed by atoms with Crippen LogP contribution in [0.2, 0.25) is 0 Å². The van der Waals surface area contributed by atoms with Gasteiger partial charge in [-0.3, -0.25) is 0 Å². The average molecular weight is 297 g/mol. The highest BCUT2D eigenvalue weighted by atomic mass is 79.9. The first kappa shape index (κ1) is 11.5. The smallest absolute Gasteiger partial charge is 0.214 e. The van der Waals surface area contributed by atoms with Gasteiger partial charge >= 0.3 is 0 Å². The number of ether oxygens (including phenoxy) is 1. The van der Waals surface area contributed by atoms with Crippen molar-refractivity contribution in [2.45, 2.75) is 50.3 Å². The van der Waals surface area contributed by atoms with Gasteiger partial charge in [-0.2, -0.15) is 0 Å². The second-order valence-corrected chi connectivity index (χ2v) is 5.81. The Hall–Kier alpha value is -0.610. The van der Waals surface area contributed by atoms with Gasteiger partial charge in [0, 0.05) is 18.2 Å². The Morgan fingerprint density at radius 1 is 1.24 bits per heavy atom. The number of hydrogen-bond acceptors (Lipinski definition) is 3. The molecule has 3 atom stereocenters. The molecule has 4 heteroatoms. The summed E-state index contributed by atoms with van der Waals surface area (Å²) in [6.45, 7) is 0. The van der Waals surface area contributed by atoms with Crippen molar-refractivity contribution in [3.05, 3.63) is 22.8 Å². The average Bonchev–Trinajstić information content (AvgIpc) is 2.28. The largest absolute Gasteiger partial charge is 0.474 e. The minimum Gasteiger partial charge on any atom is -0.474 e. The van der Waals surface area contributed by atoms with Crippen LogP contribution in [-0.4, -0.2) is 23.2 Å². The predicted molar refractivity (Wildman–Crippen MR) is 70.1 cm³/mol. The van der Waals surface area contributed by atoms with E-state index in [1.807, 2.05) is 18.2 Å². The number of piperidine rings is 2. The Morgan fingerprint density at radius 2 is 2.00 bits per heavy atom. The summed E-state index contributed by atoms with van der Waals surface area (Å²) in [6, 6.07) is 7.13. The molecule has 1 N–H and O–H groups in total. The van der Waals surface area contributed by atoms with E-state index in [-0.39, 0.29) is 0 Å². The maximum Gasteiger partial charge on any atom is 0.214 e. The highest BCUT2D eigenvalue weighted by Crippen LogP contribution is 2.28. The standard InChI is InChI=1S/C13H17BrN2O/c14-12-5-2-6-13(16-12)17-11-7-9-3-1-4-10(8-11)15-9/h2,5-6,9-11,15H,1,3-4,7-8H2/t9-,10+,11-. The van der Waals surface area contributed by atoms with Gasteiger partial charge in [-0.1, -0.05) is 12.5 Å². The number of nitrogens with one attached hydrogen (secondary N) is 1. The van der Waals surface area contributed by atoms with Gasteiger partial charge in [-0.15, -0.1) is 0 Å². The molecule has 3 rings (SSSR count). The molecule has 2 fully saturated rings. The van der Waals surface area contributed by atoms with E-state index in [9.17, 15) is 0 Å². The summed E-state index contributed by atoms with van der Waals surface area (Å²) in [5, 5.41) is 3.67. The molecule has 0 aliphatic carbocycles. The fourth-order valence-corrected chi connectivity index (χ4v) is 3.26. The maximum atomic E-state index is 5.99. The van der Waals surface area contributed by atoms with Crippen LogP contribution in [0.3, 0.4) is 0 Å². The molecule has 2 bridgehead atoms. The zero-order valence-electron chi connectivity index (χ0n) is 9.73. The number of pyridine rings is 1. The van der Waals surface area contributed by atoms with Gasteiger partial charge in [0.25, 0.3) is 0 Å². The summed E-state index contributed by atoms with van der Waals surface area (Å²) in [5.41, 5.74) is 0. The van der Waals surface area contributed by atoms with Gasteiger partial charge < -0.3 is 10.1 Å². The van der Waals surface area contributed by atoms with Gasteiger partial charge in [0.05, 0.1) is 0 Å². The fourth-order valence-electron chi connectivity index (χ4n) is 2.94. The van der Waals surface area contributed by atoms with Crippen LogP contribution in [0.1, 0.15) is 32.1 Å². The minimum absolute atomic E-state index is 0.327. The minimum atomic E-state index is 0.327. The Balaban J connectivity index is 1.65. The quantitative estimate of drug-likeness (QED) is 0.852. The van der Waals surface area contributed by atoms with Crippen molar-refractivity contribution < 1.29 is 4.74 Å². The van der Waals surface area contributed by atoms with Crippen molar-refractivity contribution in [3.63, 3.8) is 0 Å². The Kier molecular flexibility index (Phi) is 3.34. The molecule has 0 aromatic carbocycles. The highest BCUT2D eigenvalue weighted by Gasteiger charge is 2.32. The fraction of sp³-hybridized carbons (Fsp3) is 0.615. The van der Waals surface area contributed by atoms with Crippen LogP contribution in [0.25, 0.3) is 0 Å². The van der Waals surface area contributed by atoms with E-state index in [1.54, 1.807) is 0 Å². The summed E-state index contributed by atoms with van der Waals surface area (Å²) < 4.78 is 6.83. The van der Waals surface area contributed by atoms with E-state index < -0.39 is 0 Å². The molecule has 0 saturated carbocycles. The summed E-state index contributed by atoms with van der Waals surface area (Å²) in [6.07, 6.45) is 6.51. The SMILES string of the molecule is Brc1cccc(O[C@@H]2C[C@H]3CCC[C@@H](C2)N3)n1. The van der Waals surface area contributed by atoms with Gasteiger partial charge in [0.15, 0.2) is 0 Å². The number of halogens is 1. The van der Waals surface area contributed by atoms with E-state index in [4.69, 9.17) is 4.74 Å². The summed E-state index contributed by atoms with van der Waals surface area (Å²) >= 11 is 3.37. The Labute approximate surface area is 110 Å². The molecule has 2 saturated heterocycles. The molecular formula is C13H17BrN2O. The van der Waals surface area contributed by atoms with E-state index in [0.29, 0.717) is 18.2 Å². The normalized spacial score (nSPS) is 32.2. The van der Waals surface area contributed by atoms with Crippen LogP contribution in [0.4, 0.5) is 0 Å². The lowest BCUT2D eigenvalue weighted by atomic mass is 9.85. The van der Waals surface area contributed by atoms with Gasteiger partial charge in [0.2, 0.25) is 5.88 Å². The molecule has 0 radical (unpaired) electrons. The molecule has 1 aromatic heterocycles. The predicted octanol–water partition coefficient (Wildman–Crippen LogP) is 2.90. The van der Waals surface area contributed by atoms with E-state index >= 15 is 0 Å². The molecule has 1 aromatic rings. The second-order valence-electron chi connectivity index (χ2n) is 5.00. The summed E-state index contributed by atoms with van der Waals surface area (Å²) in [4.78, 5) is 4.34. The van der Waals surface area contributed by atoms with Crippen LogP contribution in [0.5, 0.6) is 5.88 Å². The molecule has 0 amide bonds. The number of hydrogen-bond donors (Lipinski definition) is 1. The third-order valence-corrected chi connectivity index (χ3v) is 4.09. The first-order chi connectivity index (χ1) is 8.29. The highest BCUT2D eigenvalue weighted by molar-refractivity contribution is 9.10. The molecule has 3 nitrogen and oxygen atoms in total. The first-order valence-electron chi connectivity index (χ1n) is 6.35. The van der Waals surface area contributed by atoms with E-state index in [2.05, 4.69) is 26.2 Å². The van der Waals surface area contributed by atoms with Crippen molar-refractivity contribution in [3.8, 4) is 5.88 Å². The number of nitrogens with zero attached hydrogens (tertiary/aromatic N) is 1. The van der Waals surface area contributed by atoms with Gasteiger partial charge in [0.1, 0.15) is 10.7 Å². The summed E-state index contributed by atoms with van der Waals surface area (Å²) in [7, 11) is 0. The number of rotatable bonds is 2. The molecule has 2 aliphatic heterocycles. The van der Waals surface area contributed by atoms with Crippen molar-refractivity contribution >= 4 is 15.9 Å². The molecule has 3 heterocycles. The van der Waals surface area contributed by atoms with Crippen molar-refractivity contribution in [1.82, 2.24) is 10.3 Å². The van der Waals surface area contributed by atoms with Crippen molar-refractivity contribution in [2.24, 2.45) is 0 Å². The second kappa shape index (κ2) is 4.94. The lowest BCUT2D eigenvalue weighted by molar-refractivity contribution is 0.0888. The van der Waals surface area contributed by atoms with Crippen LogP contribution in [-0.2, 0) is 0 Å². The van der Waals surface area contributed by atoms with Crippen molar-refractivity contribution in [1.29, 1.82) is 0 Å². The maximum absolute atomic E-state index is 5.99. The molecular weight excluding hydrogens is 280 g/mol. The lowest BCUT2D eigenvalue weighted by Crippen LogP contribution is -2.51. The van der Waals surface area contributed by atoms with E-state index in [0.717, 1.165) is 23.3 Å². The first-order valence-corrected chi connectivity index (χ1v) is 7.14. The zero-order chi connectivity index (χ0) is 11.7. The monoisotopic (exact) mass is 296 g/mol. The molecule has 0 spiro atoms. The van der Waals surface area contributed by atoms with Crippen LogP contribution in [0.15, 0.2) is 22.8 Å². The van der Waals surface area contributed by atoms with Gasteiger partial charge in [-0.25, -0.2) is 4.98 Å². The molecule has 0 unspecified atom stereocenters. The van der Waals surface area contributed by atoms with Crippen molar-refractivity contribution in [2.75, 3.05) is 0 Å². The van der Waals surface area contributed by atoms with Crippen LogP contribution < -0.4 is 10.1 Å². The van der Waals surface area contributed by atoms with Crippen LogP contribution >= 0.6 is 15.9 Å². The molecule has 2 aliphatic rings. The molecule has 17 heavy (non-hydrogen) atoms. The molecule has 92 valence electrons. The van der Waals surface area contributed by atoms with Crippen LogP contribution in [0, 0.1) is 0 Å². The lowest BCUT2D eigenvalue weighted by Gasteiger charge is -2.40. The van der Waals surface area contributed by atoms with E-state index in [1.165, 1.54) is 19.3 Å². The zero-order valence-corrected chi connectivity index (χ0v) is 11.3. The number of fused-ring (bicyclic) bond motifs is 2. The third kappa shape index (κ3) is 2.80. The van der Waals surface area contributed by atoms with Gasteiger partial charge in [-0.05, 0) is 47.7 Å². The third-order valence-electron chi connectivity index (χ3n) is 3.65. The summed E-state index contributed by atoms with van der Waals surface area (Å²) in [5.74, 6) is 0.740. The Morgan fingerprint density at radius 3 is 2.71 bits per heavy atom. The topological polar surface area (TPSA) is 34.1 Å².